The van der Waals surface area contributed by atoms with Crippen LogP contribution in [0.25, 0.3) is 0 Å². The van der Waals surface area contributed by atoms with E-state index in [2.05, 4.69) is 18.7 Å². The maximum atomic E-state index is 13.7. The van der Waals surface area contributed by atoms with Gasteiger partial charge in [0.2, 0.25) is 0 Å². The molecule has 0 amide bonds. The van der Waals surface area contributed by atoms with Crippen molar-refractivity contribution < 1.29 is 31.2 Å². The van der Waals surface area contributed by atoms with Gasteiger partial charge in [-0.25, -0.2) is 4.39 Å². The summed E-state index contributed by atoms with van der Waals surface area (Å²) >= 11 is 0. The summed E-state index contributed by atoms with van der Waals surface area (Å²) < 4.78 is 61.8. The van der Waals surface area contributed by atoms with Gasteiger partial charge in [-0.05, 0) is 65.9 Å². The van der Waals surface area contributed by atoms with Gasteiger partial charge < -0.3 is 18.4 Å². The Balaban J connectivity index is 0.000000827. The van der Waals surface area contributed by atoms with Gasteiger partial charge in [0.25, 0.3) is 0 Å². The number of halogens is 1. The molecule has 0 bridgehead atoms. The zero-order valence-corrected chi connectivity index (χ0v) is 25.2. The minimum atomic E-state index is -4.27. The lowest BCUT2D eigenvalue weighted by molar-refractivity contribution is 0.158. The molecule has 2 aliphatic heterocycles. The van der Waals surface area contributed by atoms with E-state index in [1.807, 2.05) is 32.0 Å². The molecule has 0 saturated heterocycles. The normalized spacial score (nSPS) is 15.6. The predicted molar refractivity (Wildman–Crippen MR) is 155 cm³/mol. The first-order valence-corrected chi connectivity index (χ1v) is 15.0. The Hall–Kier alpha value is -3.30. The van der Waals surface area contributed by atoms with E-state index in [-0.39, 0.29) is 16.7 Å². The molecular formula is C31H40FNO6S. The van der Waals surface area contributed by atoms with Crippen molar-refractivity contribution in [2.75, 3.05) is 27.9 Å². The number of hydrogen-bond acceptors (Lipinski definition) is 7. The van der Waals surface area contributed by atoms with Crippen LogP contribution in [0.4, 0.5) is 4.39 Å². The van der Waals surface area contributed by atoms with Crippen LogP contribution in [0.3, 0.4) is 0 Å². The molecule has 0 radical (unpaired) electrons. The lowest BCUT2D eigenvalue weighted by Crippen LogP contribution is -2.39. The summed E-state index contributed by atoms with van der Waals surface area (Å²) in [6.07, 6.45) is 2.74. The van der Waals surface area contributed by atoms with Crippen molar-refractivity contribution in [3.8, 4) is 23.0 Å². The third kappa shape index (κ3) is 6.53. The summed E-state index contributed by atoms with van der Waals surface area (Å²) in [5.74, 6) is 1.19. The highest BCUT2D eigenvalue weighted by atomic mass is 32.2. The molecule has 1 unspecified atom stereocenters. The Morgan fingerprint density at radius 1 is 0.900 bits per heavy atom. The van der Waals surface area contributed by atoms with Crippen LogP contribution >= 0.6 is 0 Å². The molecule has 0 aliphatic carbocycles. The molecule has 2 aliphatic rings. The second-order valence-electron chi connectivity index (χ2n) is 9.28. The molecule has 3 aromatic rings. The smallest absolute Gasteiger partial charge is 0.339 e. The number of ether oxygens (including phenoxy) is 3. The van der Waals surface area contributed by atoms with Crippen LogP contribution in [0.1, 0.15) is 62.4 Å². The van der Waals surface area contributed by atoms with Gasteiger partial charge in [0, 0.05) is 24.7 Å². The molecule has 1 atom stereocenters. The summed E-state index contributed by atoms with van der Waals surface area (Å²) in [5.41, 5.74) is 4.11. The highest BCUT2D eigenvalue weighted by molar-refractivity contribution is 7.87. The fraction of sp³-hybridized carbons (Fsp3) is 0.419. The van der Waals surface area contributed by atoms with E-state index in [1.165, 1.54) is 42.9 Å². The monoisotopic (exact) mass is 573 g/mol. The molecule has 40 heavy (non-hydrogen) atoms. The highest BCUT2D eigenvalue weighted by Crippen LogP contribution is 2.46. The Morgan fingerprint density at radius 2 is 1.55 bits per heavy atom. The molecule has 0 saturated carbocycles. The van der Waals surface area contributed by atoms with Gasteiger partial charge in [0.1, 0.15) is 10.7 Å². The third-order valence-corrected chi connectivity index (χ3v) is 7.92. The second-order valence-corrected chi connectivity index (χ2v) is 10.8. The van der Waals surface area contributed by atoms with Gasteiger partial charge in [-0.2, -0.15) is 8.42 Å². The summed E-state index contributed by atoms with van der Waals surface area (Å²) in [6, 6.07) is 12.6. The maximum absolute atomic E-state index is 13.7. The van der Waals surface area contributed by atoms with Crippen molar-refractivity contribution in [1.29, 1.82) is 0 Å². The van der Waals surface area contributed by atoms with Gasteiger partial charge in [-0.1, -0.05) is 46.2 Å². The summed E-state index contributed by atoms with van der Waals surface area (Å²) in [4.78, 5) is 2.05. The zero-order chi connectivity index (χ0) is 29.4. The number of rotatable bonds is 6. The Morgan fingerprint density at radius 3 is 2.17 bits per heavy atom. The molecule has 7 nitrogen and oxygen atoms in total. The predicted octanol–water partition coefficient (Wildman–Crippen LogP) is 6.72. The molecule has 2 heterocycles. The second kappa shape index (κ2) is 13.9. The van der Waals surface area contributed by atoms with Crippen LogP contribution in [0.15, 0.2) is 53.4 Å². The number of hydrogen-bond donors (Lipinski definition) is 0. The third-order valence-electron chi connectivity index (χ3n) is 6.71. The van der Waals surface area contributed by atoms with Crippen LogP contribution in [0.5, 0.6) is 23.0 Å². The fourth-order valence-electron chi connectivity index (χ4n) is 4.96. The maximum Gasteiger partial charge on any atom is 0.339 e. The van der Waals surface area contributed by atoms with Crippen molar-refractivity contribution in [1.82, 2.24) is 4.90 Å². The van der Waals surface area contributed by atoms with E-state index >= 15 is 0 Å². The van der Waals surface area contributed by atoms with Crippen LogP contribution in [-0.2, 0) is 29.5 Å². The molecule has 5 rings (SSSR count). The number of methoxy groups -OCH3 is 3. The number of nitrogens with zero attached hydrogens (tertiary/aromatic N) is 1. The molecule has 218 valence electrons. The Bertz CT molecular complexity index is 1410. The molecule has 3 aromatic carbocycles. The van der Waals surface area contributed by atoms with E-state index in [4.69, 9.17) is 18.4 Å². The number of fused-ring (bicyclic) bond motifs is 4. The highest BCUT2D eigenvalue weighted by Gasteiger charge is 2.36. The van der Waals surface area contributed by atoms with E-state index in [0.29, 0.717) is 30.2 Å². The number of benzene rings is 3. The van der Waals surface area contributed by atoms with Crippen molar-refractivity contribution >= 4 is 10.1 Å². The summed E-state index contributed by atoms with van der Waals surface area (Å²) in [7, 11) is 0.448. The van der Waals surface area contributed by atoms with Crippen LogP contribution < -0.4 is 18.4 Å². The van der Waals surface area contributed by atoms with Crippen molar-refractivity contribution in [3.63, 3.8) is 0 Å². The fourth-order valence-corrected chi connectivity index (χ4v) is 5.96. The van der Waals surface area contributed by atoms with E-state index < -0.39 is 15.9 Å². The standard InChI is InChI=1S/C26H26FNO6S.C3H8.C2H6/c1-31-23-8-7-16-11-22-20-14-25(33-3)24(32-2)12-17(20)9-10-28(22)15-21(16)26(23)34-35(29,30)19-6-4-5-18(27)13-19;1-3-2;1-2/h4-8,12-14,22H,9-11,15H2,1-3H3;3H2,1-2H3;1-2H3. The van der Waals surface area contributed by atoms with E-state index in [0.717, 1.165) is 30.2 Å². The molecule has 9 heteroatoms. The van der Waals surface area contributed by atoms with E-state index in [1.54, 1.807) is 20.3 Å². The average molecular weight is 574 g/mol. The molecular weight excluding hydrogens is 533 g/mol. The van der Waals surface area contributed by atoms with Crippen LogP contribution in [0.2, 0.25) is 0 Å². The van der Waals surface area contributed by atoms with Crippen LogP contribution in [0, 0.1) is 5.82 Å². The van der Waals surface area contributed by atoms with Gasteiger partial charge in [-0.3, -0.25) is 4.90 Å². The quantitative estimate of drug-likeness (QED) is 0.303. The average Bonchev–Trinajstić information content (AvgIpc) is 2.97. The van der Waals surface area contributed by atoms with Gasteiger partial charge in [0.05, 0.1) is 21.3 Å². The minimum Gasteiger partial charge on any atom is -0.493 e. The lowest BCUT2D eigenvalue weighted by Gasteiger charge is -2.42. The van der Waals surface area contributed by atoms with Crippen molar-refractivity contribution in [3.05, 3.63) is 76.6 Å². The van der Waals surface area contributed by atoms with Crippen molar-refractivity contribution in [2.24, 2.45) is 0 Å². The molecule has 0 aromatic heterocycles. The summed E-state index contributed by atoms with van der Waals surface area (Å²) in [6.45, 7) is 9.53. The first kappa shape index (κ1) is 31.2. The van der Waals surface area contributed by atoms with Crippen LogP contribution in [-0.4, -0.2) is 41.2 Å². The topological polar surface area (TPSA) is 74.3 Å². The first-order chi connectivity index (χ1) is 19.3. The van der Waals surface area contributed by atoms with E-state index in [9.17, 15) is 12.8 Å². The summed E-state index contributed by atoms with van der Waals surface area (Å²) in [5, 5.41) is 0. The largest absolute Gasteiger partial charge is 0.493 e. The Labute approximate surface area is 238 Å². The zero-order valence-electron chi connectivity index (χ0n) is 24.4. The lowest BCUT2D eigenvalue weighted by atomic mass is 9.83. The molecule has 0 spiro atoms. The Kier molecular flexibility index (Phi) is 10.8. The minimum absolute atomic E-state index is 0.104. The van der Waals surface area contributed by atoms with Crippen molar-refractivity contribution in [2.45, 2.75) is 64.4 Å². The van der Waals surface area contributed by atoms with Gasteiger partial charge in [-0.15, -0.1) is 0 Å². The SMILES string of the molecule is CC.CCC.COc1cc2c(cc1OC)C1Cc3ccc(OC)c(OS(=O)(=O)c4cccc(F)c4)c3CN1CC2. The van der Waals surface area contributed by atoms with Gasteiger partial charge >= 0.3 is 10.1 Å². The molecule has 0 fully saturated rings. The van der Waals surface area contributed by atoms with Gasteiger partial charge in [0.15, 0.2) is 23.0 Å². The molecule has 0 N–H and O–H groups in total. The first-order valence-electron chi connectivity index (χ1n) is 13.6.